The van der Waals surface area contributed by atoms with Gasteiger partial charge in [0.15, 0.2) is 0 Å². The minimum absolute atomic E-state index is 0.251. The number of carboxylic acids is 1. The fourth-order valence-corrected chi connectivity index (χ4v) is 3.57. The smallest absolute Gasteiger partial charge is 0.347 e. The molecule has 2 N–H and O–H groups in total. The van der Waals surface area contributed by atoms with Gasteiger partial charge in [0.1, 0.15) is 16.0 Å². The number of hydrogen-bond donors (Lipinski definition) is 2. The van der Waals surface area contributed by atoms with Crippen LogP contribution in [0.25, 0.3) is 21.5 Å². The van der Waals surface area contributed by atoms with Crippen LogP contribution in [0.15, 0.2) is 18.2 Å². The lowest BCUT2D eigenvalue weighted by molar-refractivity contribution is 0.0701. The molecule has 1 aromatic carbocycles. The van der Waals surface area contributed by atoms with E-state index < -0.39 is 5.97 Å². The van der Waals surface area contributed by atoms with E-state index in [1.165, 1.54) is 0 Å². The van der Waals surface area contributed by atoms with Gasteiger partial charge in [-0.3, -0.25) is 0 Å². The maximum atomic E-state index is 11.2. The maximum absolute atomic E-state index is 11.2. The molecule has 0 aliphatic rings. The number of nitrogens with one attached hydrogen (secondary N) is 1. The van der Waals surface area contributed by atoms with Crippen LogP contribution >= 0.6 is 11.3 Å². The minimum atomic E-state index is -0.961. The third-order valence-corrected chi connectivity index (χ3v) is 4.92. The summed E-state index contributed by atoms with van der Waals surface area (Å²) >= 11 is 1.16. The van der Waals surface area contributed by atoms with Crippen molar-refractivity contribution in [2.45, 2.75) is 26.7 Å². The Kier molecular flexibility index (Phi) is 3.89. The number of nitrogens with zero attached hydrogens (tertiary/aromatic N) is 2. The fraction of sp³-hybridized carbons (Fsp3) is 0.235. The summed E-state index contributed by atoms with van der Waals surface area (Å²) in [6.45, 7) is 3.77. The average molecular weight is 325 g/mol. The zero-order valence-electron chi connectivity index (χ0n) is 12.8. The number of thiazole rings is 1. The predicted molar refractivity (Wildman–Crippen MR) is 89.8 cm³/mol. The Balaban J connectivity index is 2.15. The topological polar surface area (TPSA) is 89.8 Å². The van der Waals surface area contributed by atoms with E-state index in [1.54, 1.807) is 6.92 Å². The van der Waals surface area contributed by atoms with Gasteiger partial charge in [0.2, 0.25) is 0 Å². The zero-order chi connectivity index (χ0) is 16.6. The minimum Gasteiger partial charge on any atom is -0.477 e. The number of carbonyl (C=O) groups is 1. The second-order valence-electron chi connectivity index (χ2n) is 5.34. The Morgan fingerprint density at radius 3 is 2.87 bits per heavy atom. The lowest BCUT2D eigenvalue weighted by Gasteiger charge is -1.97. The first-order valence-electron chi connectivity index (χ1n) is 7.31. The van der Waals surface area contributed by atoms with E-state index in [-0.39, 0.29) is 4.88 Å². The van der Waals surface area contributed by atoms with E-state index >= 15 is 0 Å². The number of aryl methyl sites for hydroxylation is 2. The Morgan fingerprint density at radius 1 is 1.48 bits per heavy atom. The van der Waals surface area contributed by atoms with Gasteiger partial charge in [0.25, 0.3) is 0 Å². The summed E-state index contributed by atoms with van der Waals surface area (Å²) in [5, 5.41) is 20.1. The van der Waals surface area contributed by atoms with E-state index in [0.29, 0.717) is 16.3 Å². The van der Waals surface area contributed by atoms with Gasteiger partial charge in [-0.25, -0.2) is 9.78 Å². The van der Waals surface area contributed by atoms with Crippen LogP contribution in [0.4, 0.5) is 0 Å². The van der Waals surface area contributed by atoms with Crippen LogP contribution < -0.4 is 0 Å². The predicted octanol–water partition coefficient (Wildman–Crippen LogP) is 4.12. The van der Waals surface area contributed by atoms with Gasteiger partial charge in [0.05, 0.1) is 11.3 Å². The molecule has 3 rings (SSSR count). The molecule has 6 heteroatoms. The number of aromatic nitrogens is 2. The van der Waals surface area contributed by atoms with Crippen molar-refractivity contribution in [3.63, 3.8) is 0 Å². The number of H-pyrrole nitrogens is 1. The Morgan fingerprint density at radius 2 is 2.26 bits per heavy atom. The molecule has 5 nitrogen and oxygen atoms in total. The van der Waals surface area contributed by atoms with Crippen LogP contribution in [0, 0.1) is 18.3 Å². The van der Waals surface area contributed by atoms with Crippen molar-refractivity contribution in [2.75, 3.05) is 0 Å². The van der Waals surface area contributed by atoms with Crippen LogP contribution in [0.5, 0.6) is 0 Å². The second-order valence-corrected chi connectivity index (χ2v) is 6.34. The summed E-state index contributed by atoms with van der Waals surface area (Å²) in [4.78, 5) is 19.1. The van der Waals surface area contributed by atoms with Crippen molar-refractivity contribution in [3.8, 4) is 16.6 Å². The third kappa shape index (κ3) is 2.60. The van der Waals surface area contributed by atoms with E-state index in [9.17, 15) is 10.1 Å². The molecular formula is C17H15N3O2S. The van der Waals surface area contributed by atoms with E-state index in [0.717, 1.165) is 46.3 Å². The largest absolute Gasteiger partial charge is 0.477 e. The van der Waals surface area contributed by atoms with Crippen molar-refractivity contribution in [3.05, 3.63) is 40.0 Å². The molecule has 2 aromatic heterocycles. The summed E-state index contributed by atoms with van der Waals surface area (Å²) in [6, 6.07) is 8.01. The van der Waals surface area contributed by atoms with Crippen molar-refractivity contribution in [1.29, 1.82) is 5.26 Å². The first-order chi connectivity index (χ1) is 11.0. The lowest BCUT2D eigenvalue weighted by atomic mass is 10.1. The van der Waals surface area contributed by atoms with Crippen molar-refractivity contribution in [2.24, 2.45) is 0 Å². The monoisotopic (exact) mass is 325 g/mol. The third-order valence-electron chi connectivity index (χ3n) is 3.73. The second kappa shape index (κ2) is 5.86. The standard InChI is InChI=1S/C17H15N3O2S/c1-3-4-13-12(8-18)11-7-10(5-6-14(11)20-13)16-19-9(2)15(23-16)17(21)22/h5-7,20H,3-4H2,1-2H3,(H,21,22). The molecule has 0 aliphatic carbocycles. The van der Waals surface area contributed by atoms with Gasteiger partial charge in [-0.2, -0.15) is 5.26 Å². The molecule has 0 bridgehead atoms. The summed E-state index contributed by atoms with van der Waals surface area (Å²) in [5.41, 5.74) is 3.87. The quantitative estimate of drug-likeness (QED) is 0.755. The summed E-state index contributed by atoms with van der Waals surface area (Å²) in [7, 11) is 0. The number of aromatic carboxylic acids is 1. The molecule has 0 saturated carbocycles. The average Bonchev–Trinajstić information content (AvgIpc) is 3.07. The van der Waals surface area contributed by atoms with Gasteiger partial charge < -0.3 is 10.1 Å². The highest BCUT2D eigenvalue weighted by molar-refractivity contribution is 7.17. The summed E-state index contributed by atoms with van der Waals surface area (Å²) in [5.74, 6) is -0.961. The van der Waals surface area contributed by atoms with Crippen LogP contribution in [0.1, 0.15) is 40.0 Å². The van der Waals surface area contributed by atoms with Crippen molar-refractivity contribution < 1.29 is 9.90 Å². The number of aromatic amines is 1. The summed E-state index contributed by atoms with van der Waals surface area (Å²) in [6.07, 6.45) is 1.79. The van der Waals surface area contributed by atoms with Crippen molar-refractivity contribution >= 4 is 28.2 Å². The van der Waals surface area contributed by atoms with Crippen LogP contribution in [-0.2, 0) is 6.42 Å². The number of rotatable bonds is 4. The van der Waals surface area contributed by atoms with Gasteiger partial charge >= 0.3 is 5.97 Å². The van der Waals surface area contributed by atoms with Gasteiger partial charge in [0, 0.05) is 22.2 Å². The molecule has 0 spiro atoms. The molecule has 0 unspecified atom stereocenters. The summed E-state index contributed by atoms with van der Waals surface area (Å²) < 4.78 is 0. The molecule has 3 aromatic rings. The van der Waals surface area contributed by atoms with E-state index in [2.05, 4.69) is 23.0 Å². The highest BCUT2D eigenvalue weighted by Gasteiger charge is 2.17. The molecule has 23 heavy (non-hydrogen) atoms. The number of hydrogen-bond acceptors (Lipinski definition) is 4. The molecule has 0 radical (unpaired) electrons. The Bertz CT molecular complexity index is 947. The number of benzene rings is 1. The van der Waals surface area contributed by atoms with Crippen molar-refractivity contribution in [1.82, 2.24) is 9.97 Å². The number of fused-ring (bicyclic) bond motifs is 1. The molecule has 0 saturated heterocycles. The van der Waals surface area contributed by atoms with Gasteiger partial charge in [-0.05, 0) is 31.5 Å². The Labute approximate surface area is 137 Å². The van der Waals surface area contributed by atoms with E-state index in [4.69, 9.17) is 5.11 Å². The molecule has 0 amide bonds. The van der Waals surface area contributed by atoms with Crippen LogP contribution in [0.3, 0.4) is 0 Å². The molecule has 0 fully saturated rings. The van der Waals surface area contributed by atoms with Gasteiger partial charge in [-0.15, -0.1) is 11.3 Å². The molecule has 0 aliphatic heterocycles. The Hall–Kier alpha value is -2.65. The highest BCUT2D eigenvalue weighted by atomic mass is 32.1. The normalized spacial score (nSPS) is 10.8. The zero-order valence-corrected chi connectivity index (χ0v) is 13.6. The van der Waals surface area contributed by atoms with E-state index in [1.807, 2.05) is 18.2 Å². The molecule has 116 valence electrons. The number of nitriles is 1. The van der Waals surface area contributed by atoms with Crippen LogP contribution in [0.2, 0.25) is 0 Å². The molecule has 0 atom stereocenters. The fourth-order valence-electron chi connectivity index (χ4n) is 2.66. The first-order valence-corrected chi connectivity index (χ1v) is 8.12. The SMILES string of the molecule is CCCc1[nH]c2ccc(-c3nc(C)c(C(=O)O)s3)cc2c1C#N. The molecule has 2 heterocycles. The number of carboxylic acid groups (broad SMARTS) is 1. The van der Waals surface area contributed by atoms with Gasteiger partial charge in [-0.1, -0.05) is 13.3 Å². The lowest BCUT2D eigenvalue weighted by Crippen LogP contribution is -1.94. The molecular weight excluding hydrogens is 310 g/mol. The first kappa shape index (κ1) is 15.3. The van der Waals surface area contributed by atoms with Crippen LogP contribution in [-0.4, -0.2) is 21.0 Å². The maximum Gasteiger partial charge on any atom is 0.347 e. The highest BCUT2D eigenvalue weighted by Crippen LogP contribution is 2.32.